The van der Waals surface area contributed by atoms with Crippen molar-refractivity contribution < 1.29 is 9.53 Å². The molecule has 0 bridgehead atoms. The molecule has 0 radical (unpaired) electrons. The second-order valence-electron chi connectivity index (χ2n) is 3.18. The van der Waals surface area contributed by atoms with Crippen LogP contribution < -0.4 is 0 Å². The van der Waals surface area contributed by atoms with E-state index in [2.05, 4.69) is 16.5 Å². The Morgan fingerprint density at radius 2 is 2.08 bits per heavy atom. The van der Waals surface area contributed by atoms with Gasteiger partial charge in [-0.15, -0.1) is 0 Å². The van der Waals surface area contributed by atoms with Crippen molar-refractivity contribution in [3.8, 4) is 0 Å². The molecule has 0 atom stereocenters. The molecule has 0 aliphatic rings. The lowest BCUT2D eigenvalue weighted by Gasteiger charge is -2.14. The third-order valence-corrected chi connectivity index (χ3v) is 1.37. The Morgan fingerprint density at radius 3 is 2.42 bits per heavy atom. The van der Waals surface area contributed by atoms with E-state index in [1.807, 2.05) is 0 Å². The summed E-state index contributed by atoms with van der Waals surface area (Å²) in [5.74, 6) is -0.494. The zero-order valence-corrected chi connectivity index (χ0v) is 7.59. The third kappa shape index (κ3) is 3.27. The van der Waals surface area contributed by atoms with Crippen LogP contribution in [0.25, 0.3) is 0 Å². The van der Waals surface area contributed by atoms with Gasteiger partial charge in [-0.05, 0) is 13.8 Å². The first-order valence-corrected chi connectivity index (χ1v) is 3.53. The summed E-state index contributed by atoms with van der Waals surface area (Å²) < 4.78 is 4.42. The van der Waals surface area contributed by atoms with Crippen LogP contribution in [0.2, 0.25) is 0 Å². The van der Waals surface area contributed by atoms with E-state index >= 15 is 0 Å². The van der Waals surface area contributed by atoms with Gasteiger partial charge in [-0.2, -0.15) is 4.91 Å². The van der Waals surface area contributed by atoms with E-state index in [-0.39, 0.29) is 12.0 Å². The van der Waals surface area contributed by atoms with Crippen LogP contribution in [0.15, 0.2) is 17.3 Å². The summed E-state index contributed by atoms with van der Waals surface area (Å²) in [7, 11) is 1.27. The highest BCUT2D eigenvalue weighted by atomic mass is 16.5. The molecule has 0 fully saturated rings. The lowest BCUT2D eigenvalue weighted by molar-refractivity contribution is -0.136. The van der Waals surface area contributed by atoms with E-state index in [4.69, 9.17) is 0 Å². The van der Waals surface area contributed by atoms with Crippen molar-refractivity contribution in [1.29, 1.82) is 0 Å². The topological polar surface area (TPSA) is 55.7 Å². The Morgan fingerprint density at radius 1 is 1.58 bits per heavy atom. The lowest BCUT2D eigenvalue weighted by Crippen LogP contribution is -2.19. The highest BCUT2D eigenvalue weighted by molar-refractivity contribution is 5.87. The lowest BCUT2D eigenvalue weighted by atomic mass is 9.97. The molecule has 0 aromatic heterocycles. The molecule has 0 spiro atoms. The van der Waals surface area contributed by atoms with Crippen molar-refractivity contribution in [2.24, 2.45) is 5.18 Å². The highest BCUT2D eigenvalue weighted by Crippen LogP contribution is 2.19. The molecule has 0 aliphatic carbocycles. The number of ether oxygens (including phenoxy) is 1. The SMILES string of the molecule is C=C(CC(C)(C)N=O)C(=O)OC. The largest absolute Gasteiger partial charge is 0.466 e. The molecule has 0 saturated carbocycles. The van der Waals surface area contributed by atoms with Crippen molar-refractivity contribution in [3.05, 3.63) is 17.1 Å². The minimum absolute atomic E-state index is 0.225. The molecule has 0 N–H and O–H groups in total. The van der Waals surface area contributed by atoms with Gasteiger partial charge in [-0.1, -0.05) is 11.8 Å². The van der Waals surface area contributed by atoms with Crippen LogP contribution in [0.4, 0.5) is 0 Å². The Balaban J connectivity index is 4.18. The fourth-order valence-electron chi connectivity index (χ4n) is 0.771. The summed E-state index contributed by atoms with van der Waals surface area (Å²) >= 11 is 0. The first kappa shape index (κ1) is 10.8. The molecule has 0 rings (SSSR count). The molecule has 0 aromatic carbocycles. The average molecular weight is 171 g/mol. The van der Waals surface area contributed by atoms with Crippen LogP contribution >= 0.6 is 0 Å². The number of methoxy groups -OCH3 is 1. The molecule has 0 unspecified atom stereocenters. The Bertz CT molecular complexity index is 208. The van der Waals surface area contributed by atoms with Gasteiger partial charge in [-0.25, -0.2) is 4.79 Å². The molecule has 0 amide bonds. The van der Waals surface area contributed by atoms with Crippen molar-refractivity contribution in [3.63, 3.8) is 0 Å². The zero-order valence-electron chi connectivity index (χ0n) is 7.59. The molecule has 68 valence electrons. The summed E-state index contributed by atoms with van der Waals surface area (Å²) in [6.45, 7) is 6.75. The molecule has 0 heterocycles. The van der Waals surface area contributed by atoms with Crippen LogP contribution in [-0.2, 0) is 9.53 Å². The van der Waals surface area contributed by atoms with E-state index in [1.54, 1.807) is 13.8 Å². The molecule has 12 heavy (non-hydrogen) atoms. The van der Waals surface area contributed by atoms with Crippen LogP contribution in [-0.4, -0.2) is 18.6 Å². The van der Waals surface area contributed by atoms with E-state index in [0.29, 0.717) is 0 Å². The normalized spacial score (nSPS) is 10.6. The Kier molecular flexibility index (Phi) is 3.60. The number of carbonyl (C=O) groups is 1. The minimum atomic E-state index is -0.786. The predicted molar refractivity (Wildman–Crippen MR) is 45.6 cm³/mol. The highest BCUT2D eigenvalue weighted by Gasteiger charge is 2.22. The molecular formula is C8H13NO3. The van der Waals surface area contributed by atoms with Crippen LogP contribution in [0.5, 0.6) is 0 Å². The van der Waals surface area contributed by atoms with E-state index in [9.17, 15) is 9.70 Å². The van der Waals surface area contributed by atoms with Gasteiger partial charge in [0.05, 0.1) is 7.11 Å². The summed E-state index contributed by atoms with van der Waals surface area (Å²) in [6.07, 6.45) is 0.225. The summed E-state index contributed by atoms with van der Waals surface area (Å²) in [6, 6.07) is 0. The van der Waals surface area contributed by atoms with Crippen molar-refractivity contribution in [1.82, 2.24) is 0 Å². The van der Waals surface area contributed by atoms with Gasteiger partial charge in [0, 0.05) is 12.0 Å². The standard InChI is InChI=1S/C8H13NO3/c1-6(7(10)12-4)5-8(2,3)9-11/h1,5H2,2-4H3. The van der Waals surface area contributed by atoms with Crippen LogP contribution in [0.3, 0.4) is 0 Å². The van der Waals surface area contributed by atoms with Gasteiger partial charge in [0.2, 0.25) is 0 Å². The molecule has 0 aliphatic heterocycles. The van der Waals surface area contributed by atoms with Gasteiger partial charge >= 0.3 is 5.97 Å². The molecular weight excluding hydrogens is 158 g/mol. The van der Waals surface area contributed by atoms with Gasteiger partial charge < -0.3 is 4.74 Å². The number of carbonyl (C=O) groups excluding carboxylic acids is 1. The second kappa shape index (κ2) is 3.99. The van der Waals surface area contributed by atoms with Gasteiger partial charge in [0.25, 0.3) is 0 Å². The van der Waals surface area contributed by atoms with E-state index in [0.717, 1.165) is 0 Å². The summed E-state index contributed by atoms with van der Waals surface area (Å²) in [4.78, 5) is 21.1. The second-order valence-corrected chi connectivity index (χ2v) is 3.18. The van der Waals surface area contributed by atoms with Crippen molar-refractivity contribution >= 4 is 5.97 Å². The van der Waals surface area contributed by atoms with Gasteiger partial charge in [0.15, 0.2) is 0 Å². The monoisotopic (exact) mass is 171 g/mol. The molecule has 4 heteroatoms. The minimum Gasteiger partial charge on any atom is -0.466 e. The smallest absolute Gasteiger partial charge is 0.333 e. The fraction of sp³-hybridized carbons (Fsp3) is 0.625. The Labute approximate surface area is 71.6 Å². The van der Waals surface area contributed by atoms with Gasteiger partial charge in [0.1, 0.15) is 5.54 Å². The number of hydrogen-bond acceptors (Lipinski definition) is 4. The molecule has 0 saturated heterocycles. The molecule has 0 aromatic rings. The predicted octanol–water partition coefficient (Wildman–Crippen LogP) is 1.65. The number of nitrogens with zero attached hydrogens (tertiary/aromatic N) is 1. The quantitative estimate of drug-likeness (QED) is 0.367. The summed E-state index contributed by atoms with van der Waals surface area (Å²) in [5, 5.41) is 2.86. The maximum atomic E-state index is 10.8. The zero-order chi connectivity index (χ0) is 9.78. The maximum absolute atomic E-state index is 10.8. The number of esters is 1. The van der Waals surface area contributed by atoms with E-state index < -0.39 is 11.5 Å². The summed E-state index contributed by atoms with van der Waals surface area (Å²) in [5.41, 5.74) is -0.521. The average Bonchev–Trinajstić information content (AvgIpc) is 2.02. The number of hydrogen-bond donors (Lipinski definition) is 0. The number of rotatable bonds is 4. The molecule has 4 nitrogen and oxygen atoms in total. The van der Waals surface area contributed by atoms with Crippen LogP contribution in [0, 0.1) is 4.91 Å². The fourth-order valence-corrected chi connectivity index (χ4v) is 0.771. The first-order valence-electron chi connectivity index (χ1n) is 3.53. The van der Waals surface area contributed by atoms with Gasteiger partial charge in [-0.3, -0.25) is 0 Å². The van der Waals surface area contributed by atoms with Crippen molar-refractivity contribution in [2.75, 3.05) is 7.11 Å². The van der Waals surface area contributed by atoms with Crippen molar-refractivity contribution in [2.45, 2.75) is 25.8 Å². The number of nitroso groups, excluding NO2 is 1. The van der Waals surface area contributed by atoms with Crippen LogP contribution in [0.1, 0.15) is 20.3 Å². The maximum Gasteiger partial charge on any atom is 0.333 e. The Hall–Kier alpha value is -1.19. The first-order chi connectivity index (χ1) is 5.43. The van der Waals surface area contributed by atoms with E-state index in [1.165, 1.54) is 7.11 Å². The third-order valence-electron chi connectivity index (χ3n) is 1.37.